The van der Waals surface area contributed by atoms with Crippen LogP contribution >= 0.6 is 0 Å². The normalized spacial score (nSPS) is 16.4. The summed E-state index contributed by atoms with van der Waals surface area (Å²) >= 11 is 0. The number of amides is 2. The molecule has 0 bridgehead atoms. The number of ether oxygens (including phenoxy) is 1. The average Bonchev–Trinajstić information content (AvgIpc) is 2.67. The van der Waals surface area contributed by atoms with Gasteiger partial charge in [-0.3, -0.25) is 0 Å². The van der Waals surface area contributed by atoms with E-state index in [2.05, 4.69) is 20.6 Å². The summed E-state index contributed by atoms with van der Waals surface area (Å²) in [5.74, 6) is 0.526. The fraction of sp³-hybridized carbons (Fsp3) is 0.389. The standard InChI is InChI=1S/C18H23N5O4S/c1-20-17(24)21-13-5-3-12(4-6-13)16-22-14(11-15(19)23-16)18(28(2,25)26)7-9-27-10-8-18/h3-6,11H,7-10H2,1-2H3,(H2,19,22,23)(H2,20,21,24). The summed E-state index contributed by atoms with van der Waals surface area (Å²) in [6, 6.07) is 8.08. The second-order valence-electron chi connectivity index (χ2n) is 6.66. The largest absolute Gasteiger partial charge is 0.384 e. The van der Waals surface area contributed by atoms with Crippen molar-refractivity contribution in [3.63, 3.8) is 0 Å². The third-order valence-electron chi connectivity index (χ3n) is 4.85. The van der Waals surface area contributed by atoms with E-state index >= 15 is 0 Å². The number of hydrogen-bond donors (Lipinski definition) is 3. The maximum absolute atomic E-state index is 12.6. The van der Waals surface area contributed by atoms with Gasteiger partial charge >= 0.3 is 6.03 Å². The lowest BCUT2D eigenvalue weighted by molar-refractivity contribution is 0.0732. The van der Waals surface area contributed by atoms with E-state index in [1.165, 1.54) is 19.4 Å². The third-order valence-corrected chi connectivity index (χ3v) is 6.89. The number of aromatic nitrogens is 2. The van der Waals surface area contributed by atoms with Crippen molar-refractivity contribution in [3.05, 3.63) is 36.0 Å². The minimum atomic E-state index is -3.46. The molecule has 150 valence electrons. The van der Waals surface area contributed by atoms with Crippen LogP contribution in [0.1, 0.15) is 18.5 Å². The van der Waals surface area contributed by atoms with E-state index in [-0.39, 0.29) is 11.8 Å². The summed E-state index contributed by atoms with van der Waals surface area (Å²) in [6.07, 6.45) is 1.85. The van der Waals surface area contributed by atoms with Crippen molar-refractivity contribution in [2.75, 3.05) is 37.6 Å². The molecule has 0 unspecified atom stereocenters. The topological polar surface area (TPSA) is 136 Å². The van der Waals surface area contributed by atoms with E-state index < -0.39 is 14.6 Å². The van der Waals surface area contributed by atoms with Crippen LogP contribution in [-0.2, 0) is 19.3 Å². The highest BCUT2D eigenvalue weighted by molar-refractivity contribution is 7.91. The van der Waals surface area contributed by atoms with Crippen LogP contribution in [0.2, 0.25) is 0 Å². The first kappa shape index (κ1) is 20.0. The Bertz CT molecular complexity index is 970. The highest BCUT2D eigenvalue weighted by Crippen LogP contribution is 2.39. The lowest BCUT2D eigenvalue weighted by atomic mass is 9.94. The number of anilines is 2. The number of carbonyl (C=O) groups excluding carboxylic acids is 1. The number of urea groups is 1. The summed E-state index contributed by atoms with van der Waals surface area (Å²) in [7, 11) is -1.93. The van der Waals surface area contributed by atoms with Gasteiger partial charge < -0.3 is 21.1 Å². The van der Waals surface area contributed by atoms with Crippen LogP contribution < -0.4 is 16.4 Å². The molecular weight excluding hydrogens is 382 g/mol. The van der Waals surface area contributed by atoms with Crippen LogP contribution in [0, 0.1) is 0 Å². The molecule has 2 aromatic rings. The fourth-order valence-corrected chi connectivity index (χ4v) is 4.64. The lowest BCUT2D eigenvalue weighted by Crippen LogP contribution is -2.41. The Morgan fingerprint density at radius 3 is 2.39 bits per heavy atom. The van der Waals surface area contributed by atoms with Gasteiger partial charge in [0.2, 0.25) is 0 Å². The van der Waals surface area contributed by atoms with Gasteiger partial charge in [-0.05, 0) is 37.1 Å². The van der Waals surface area contributed by atoms with Gasteiger partial charge in [-0.25, -0.2) is 23.2 Å². The number of carbonyl (C=O) groups is 1. The number of hydrogen-bond acceptors (Lipinski definition) is 7. The highest BCUT2D eigenvalue weighted by Gasteiger charge is 2.45. The zero-order valence-corrected chi connectivity index (χ0v) is 16.5. The number of benzene rings is 1. The second-order valence-corrected chi connectivity index (χ2v) is 8.99. The Morgan fingerprint density at radius 1 is 1.18 bits per heavy atom. The monoisotopic (exact) mass is 405 g/mol. The summed E-state index contributed by atoms with van der Waals surface area (Å²) in [5, 5.41) is 5.13. The van der Waals surface area contributed by atoms with Crippen LogP contribution in [0.25, 0.3) is 11.4 Å². The van der Waals surface area contributed by atoms with Crippen LogP contribution in [0.3, 0.4) is 0 Å². The van der Waals surface area contributed by atoms with E-state index in [0.717, 1.165) is 0 Å². The lowest BCUT2D eigenvalue weighted by Gasteiger charge is -2.35. The number of nitrogens with two attached hydrogens (primary N) is 1. The van der Waals surface area contributed by atoms with E-state index in [1.54, 1.807) is 24.3 Å². The van der Waals surface area contributed by atoms with E-state index in [9.17, 15) is 13.2 Å². The minimum Gasteiger partial charge on any atom is -0.384 e. The van der Waals surface area contributed by atoms with Crippen LogP contribution in [0.15, 0.2) is 30.3 Å². The summed E-state index contributed by atoms with van der Waals surface area (Å²) < 4.78 is 29.5. The Kier molecular flexibility index (Phi) is 5.52. The predicted molar refractivity (Wildman–Crippen MR) is 107 cm³/mol. The summed E-state index contributed by atoms with van der Waals surface area (Å²) in [4.78, 5) is 20.2. The van der Waals surface area contributed by atoms with Gasteiger partial charge in [-0.15, -0.1) is 0 Å². The molecule has 0 radical (unpaired) electrons. The molecule has 1 aromatic carbocycles. The molecular formula is C18H23N5O4S. The van der Waals surface area contributed by atoms with Gasteiger partial charge in [0.25, 0.3) is 0 Å². The molecule has 1 fully saturated rings. The maximum Gasteiger partial charge on any atom is 0.318 e. The Labute approximate surface area is 163 Å². The van der Waals surface area contributed by atoms with Gasteiger partial charge in [0, 0.05) is 43.8 Å². The molecule has 1 saturated heterocycles. The van der Waals surface area contributed by atoms with Crippen molar-refractivity contribution >= 4 is 27.4 Å². The summed E-state index contributed by atoms with van der Waals surface area (Å²) in [6.45, 7) is 0.679. The zero-order chi connectivity index (χ0) is 20.4. The smallest absolute Gasteiger partial charge is 0.318 e. The van der Waals surface area contributed by atoms with Gasteiger partial charge in [0.05, 0.1) is 5.69 Å². The van der Waals surface area contributed by atoms with Crippen molar-refractivity contribution in [3.8, 4) is 11.4 Å². The maximum atomic E-state index is 12.6. The SMILES string of the molecule is CNC(=O)Nc1ccc(-c2nc(N)cc(C3(S(C)(=O)=O)CCOCC3)n2)cc1. The van der Waals surface area contributed by atoms with Gasteiger partial charge in [0.1, 0.15) is 10.6 Å². The molecule has 4 N–H and O–H groups in total. The van der Waals surface area contributed by atoms with E-state index in [0.29, 0.717) is 48.8 Å². The zero-order valence-electron chi connectivity index (χ0n) is 15.7. The molecule has 2 amide bonds. The van der Waals surface area contributed by atoms with Crippen molar-refractivity contribution in [1.29, 1.82) is 0 Å². The number of sulfone groups is 1. The van der Waals surface area contributed by atoms with Crippen molar-refractivity contribution in [2.24, 2.45) is 0 Å². The first-order valence-corrected chi connectivity index (χ1v) is 10.7. The fourth-order valence-electron chi connectivity index (χ4n) is 3.24. The molecule has 28 heavy (non-hydrogen) atoms. The highest BCUT2D eigenvalue weighted by atomic mass is 32.2. The van der Waals surface area contributed by atoms with E-state index in [4.69, 9.17) is 10.5 Å². The number of rotatable bonds is 4. The van der Waals surface area contributed by atoms with E-state index in [1.807, 2.05) is 0 Å². The molecule has 1 aromatic heterocycles. The Hall–Kier alpha value is -2.72. The van der Waals surface area contributed by atoms with Crippen molar-refractivity contribution < 1.29 is 17.9 Å². The van der Waals surface area contributed by atoms with Crippen molar-refractivity contribution in [1.82, 2.24) is 15.3 Å². The first-order chi connectivity index (χ1) is 13.2. The van der Waals surface area contributed by atoms with Crippen LogP contribution in [0.4, 0.5) is 16.3 Å². The molecule has 0 aliphatic carbocycles. The minimum absolute atomic E-state index is 0.196. The van der Waals surface area contributed by atoms with Gasteiger partial charge in [0.15, 0.2) is 15.7 Å². The van der Waals surface area contributed by atoms with Crippen LogP contribution in [-0.4, -0.2) is 50.9 Å². The van der Waals surface area contributed by atoms with Gasteiger partial charge in [-0.2, -0.15) is 0 Å². The molecule has 10 heteroatoms. The third kappa shape index (κ3) is 3.92. The number of nitrogens with one attached hydrogen (secondary N) is 2. The molecule has 0 saturated carbocycles. The molecule has 1 aliphatic heterocycles. The number of nitrogen functional groups attached to an aromatic ring is 1. The van der Waals surface area contributed by atoms with Crippen molar-refractivity contribution in [2.45, 2.75) is 17.6 Å². The number of nitrogens with zero attached hydrogens (tertiary/aromatic N) is 2. The predicted octanol–water partition coefficient (Wildman–Crippen LogP) is 1.53. The Morgan fingerprint density at radius 2 is 1.82 bits per heavy atom. The first-order valence-electron chi connectivity index (χ1n) is 8.77. The second kappa shape index (κ2) is 7.72. The van der Waals surface area contributed by atoms with Crippen LogP contribution in [0.5, 0.6) is 0 Å². The molecule has 9 nitrogen and oxygen atoms in total. The molecule has 2 heterocycles. The van der Waals surface area contributed by atoms with Gasteiger partial charge in [-0.1, -0.05) is 0 Å². The molecule has 0 atom stereocenters. The Balaban J connectivity index is 2.01. The summed E-state index contributed by atoms with van der Waals surface area (Å²) in [5.41, 5.74) is 7.62. The molecule has 3 rings (SSSR count). The molecule has 1 aliphatic rings. The average molecular weight is 405 g/mol. The molecule has 0 spiro atoms. The quantitative estimate of drug-likeness (QED) is 0.701.